The molecule has 2 aromatic rings. The van der Waals surface area contributed by atoms with Crippen molar-refractivity contribution in [2.75, 3.05) is 24.8 Å². The molecule has 0 bridgehead atoms. The van der Waals surface area contributed by atoms with Crippen LogP contribution in [0.3, 0.4) is 0 Å². The number of anilines is 2. The first-order valence-corrected chi connectivity index (χ1v) is 8.16. The highest BCUT2D eigenvalue weighted by Crippen LogP contribution is 2.16. The lowest BCUT2D eigenvalue weighted by molar-refractivity contribution is -0.123. The van der Waals surface area contributed by atoms with E-state index in [4.69, 9.17) is 11.1 Å². The summed E-state index contributed by atoms with van der Waals surface area (Å²) in [5, 5.41) is 15.6. The van der Waals surface area contributed by atoms with Gasteiger partial charge in [-0.3, -0.25) is 15.5 Å². The quantitative estimate of drug-likeness (QED) is 0.388. The molecule has 2 rings (SSSR count). The summed E-state index contributed by atoms with van der Waals surface area (Å²) in [4.78, 5) is 27.7. The summed E-state index contributed by atoms with van der Waals surface area (Å²) in [6, 6.07) is 10.3. The number of pyridine rings is 1. The zero-order valence-corrected chi connectivity index (χ0v) is 15.1. The molecule has 0 aliphatic rings. The van der Waals surface area contributed by atoms with Crippen LogP contribution >= 0.6 is 0 Å². The molecule has 0 radical (unpaired) electrons. The van der Waals surface area contributed by atoms with Crippen LogP contribution in [0.5, 0.6) is 0 Å². The van der Waals surface area contributed by atoms with Gasteiger partial charge >= 0.3 is 6.03 Å². The van der Waals surface area contributed by atoms with Crippen molar-refractivity contribution in [2.24, 2.45) is 0 Å². The van der Waals surface area contributed by atoms with Crippen LogP contribution in [-0.2, 0) is 9.53 Å². The second-order valence-electron chi connectivity index (χ2n) is 5.74. The molecule has 9 heteroatoms. The molecule has 1 unspecified atom stereocenters. The summed E-state index contributed by atoms with van der Waals surface area (Å²) in [6.45, 7) is 1.69. The molecule has 0 spiro atoms. The minimum absolute atomic E-state index is 0.172. The Hall–Kier alpha value is -3.46. The van der Waals surface area contributed by atoms with Gasteiger partial charge in [0.05, 0.1) is 11.6 Å². The van der Waals surface area contributed by atoms with Gasteiger partial charge in [0.2, 0.25) is 0 Å². The van der Waals surface area contributed by atoms with Gasteiger partial charge in [0.1, 0.15) is 18.3 Å². The molecule has 1 aromatic heterocycles. The van der Waals surface area contributed by atoms with Crippen LogP contribution in [0.25, 0.3) is 0 Å². The third kappa shape index (κ3) is 5.79. The van der Waals surface area contributed by atoms with Gasteiger partial charge in [-0.25, -0.2) is 9.78 Å². The number of aromatic nitrogens is 1. The van der Waals surface area contributed by atoms with Crippen molar-refractivity contribution in [3.8, 4) is 0 Å². The van der Waals surface area contributed by atoms with Gasteiger partial charge in [-0.15, -0.1) is 0 Å². The van der Waals surface area contributed by atoms with Gasteiger partial charge in [-0.05, 0) is 12.5 Å². The van der Waals surface area contributed by atoms with Crippen LogP contribution in [0.1, 0.15) is 24.1 Å². The van der Waals surface area contributed by atoms with Gasteiger partial charge in [0.25, 0.3) is 5.91 Å². The van der Waals surface area contributed by atoms with Gasteiger partial charge < -0.3 is 21.1 Å². The van der Waals surface area contributed by atoms with Crippen molar-refractivity contribution in [1.29, 1.82) is 5.41 Å². The summed E-state index contributed by atoms with van der Waals surface area (Å²) < 4.78 is 4.69. The summed E-state index contributed by atoms with van der Waals surface area (Å²) in [6.07, 6.45) is 1.31. The van der Waals surface area contributed by atoms with Crippen molar-refractivity contribution in [3.05, 3.63) is 53.7 Å². The number of benzene rings is 1. The van der Waals surface area contributed by atoms with E-state index in [-0.39, 0.29) is 35.6 Å². The maximum absolute atomic E-state index is 12.1. The molecule has 6 N–H and O–H groups in total. The number of ether oxygens (including phenoxy) is 1. The zero-order valence-electron chi connectivity index (χ0n) is 15.1. The number of carbonyl (C=O) groups excluding carboxylic acids is 2. The van der Waals surface area contributed by atoms with E-state index < -0.39 is 11.9 Å². The molecule has 0 saturated heterocycles. The third-order valence-electron chi connectivity index (χ3n) is 3.63. The highest BCUT2D eigenvalue weighted by molar-refractivity contribution is 6.09. The van der Waals surface area contributed by atoms with Crippen LogP contribution in [0.2, 0.25) is 0 Å². The van der Waals surface area contributed by atoms with Crippen molar-refractivity contribution in [3.63, 3.8) is 0 Å². The number of methoxy groups -OCH3 is 1. The fourth-order valence-corrected chi connectivity index (χ4v) is 2.30. The van der Waals surface area contributed by atoms with E-state index in [1.165, 1.54) is 19.4 Å². The SMILES string of the molecule is COCC(=O)NC(=N)c1cnc(NC(=O)NC(C)c2ccccc2)cc1N. The van der Waals surface area contributed by atoms with Gasteiger partial charge in [-0.2, -0.15) is 0 Å². The summed E-state index contributed by atoms with van der Waals surface area (Å²) in [5.74, 6) is -0.445. The number of nitrogens with zero attached hydrogens (tertiary/aromatic N) is 1. The van der Waals surface area contributed by atoms with Crippen LogP contribution in [-0.4, -0.2) is 36.5 Å². The first kappa shape index (κ1) is 19.9. The molecule has 0 aliphatic carbocycles. The fraction of sp³-hybridized carbons (Fsp3) is 0.222. The summed E-state index contributed by atoms with van der Waals surface area (Å²) in [5.41, 5.74) is 7.31. The largest absolute Gasteiger partial charge is 0.398 e. The molecule has 0 aliphatic heterocycles. The predicted molar refractivity (Wildman–Crippen MR) is 103 cm³/mol. The summed E-state index contributed by atoms with van der Waals surface area (Å²) in [7, 11) is 1.38. The molecular weight excluding hydrogens is 348 g/mol. The van der Waals surface area contributed by atoms with E-state index >= 15 is 0 Å². The Bertz CT molecular complexity index is 825. The standard InChI is InChI=1S/C18H22N6O3/c1-11(12-6-4-3-5-7-12)22-18(26)23-15-8-14(19)13(9-21-15)17(20)24-16(25)10-27-2/h3-9,11H,10H2,1-2H3,(H2,20,24,25)(H4,19,21,22,23,26). The van der Waals surface area contributed by atoms with Crippen LogP contribution in [0, 0.1) is 5.41 Å². The Morgan fingerprint density at radius 2 is 2.00 bits per heavy atom. The van der Waals surface area contributed by atoms with E-state index in [0.29, 0.717) is 0 Å². The van der Waals surface area contributed by atoms with Crippen molar-refractivity contribution in [1.82, 2.24) is 15.6 Å². The molecule has 1 heterocycles. The second-order valence-corrected chi connectivity index (χ2v) is 5.74. The number of amidine groups is 1. The van der Waals surface area contributed by atoms with Gasteiger partial charge in [-0.1, -0.05) is 30.3 Å². The van der Waals surface area contributed by atoms with Gasteiger partial charge in [0.15, 0.2) is 0 Å². The Labute approximate surface area is 156 Å². The number of hydrogen-bond acceptors (Lipinski definition) is 6. The number of nitrogens with two attached hydrogens (primary N) is 1. The number of rotatable bonds is 6. The second kappa shape index (κ2) is 9.30. The van der Waals surface area contributed by atoms with E-state index in [9.17, 15) is 9.59 Å². The van der Waals surface area contributed by atoms with Crippen molar-refractivity contribution < 1.29 is 14.3 Å². The molecular formula is C18H22N6O3. The first-order chi connectivity index (χ1) is 12.9. The minimum Gasteiger partial charge on any atom is -0.398 e. The van der Waals surface area contributed by atoms with Gasteiger partial charge in [0, 0.05) is 25.1 Å². The van der Waals surface area contributed by atoms with E-state index in [2.05, 4.69) is 25.7 Å². The van der Waals surface area contributed by atoms with E-state index in [0.717, 1.165) is 5.56 Å². The highest BCUT2D eigenvalue weighted by atomic mass is 16.5. The normalized spacial score (nSPS) is 11.3. The average Bonchev–Trinajstić information content (AvgIpc) is 2.62. The maximum Gasteiger partial charge on any atom is 0.320 e. The third-order valence-corrected chi connectivity index (χ3v) is 3.63. The van der Waals surface area contributed by atoms with Crippen LogP contribution in [0.15, 0.2) is 42.6 Å². The highest BCUT2D eigenvalue weighted by Gasteiger charge is 2.13. The van der Waals surface area contributed by atoms with Crippen LogP contribution < -0.4 is 21.7 Å². The number of nitrogens with one attached hydrogen (secondary N) is 4. The lowest BCUT2D eigenvalue weighted by atomic mass is 10.1. The Morgan fingerprint density at radius 3 is 2.63 bits per heavy atom. The van der Waals surface area contributed by atoms with E-state index in [1.807, 2.05) is 37.3 Å². The number of hydrogen-bond donors (Lipinski definition) is 5. The van der Waals surface area contributed by atoms with Crippen LogP contribution in [0.4, 0.5) is 16.3 Å². The average molecular weight is 370 g/mol. The number of carbonyl (C=O) groups is 2. The van der Waals surface area contributed by atoms with Crippen molar-refractivity contribution >= 4 is 29.3 Å². The maximum atomic E-state index is 12.1. The molecule has 1 aromatic carbocycles. The number of amides is 3. The molecule has 0 fully saturated rings. The molecule has 1 atom stereocenters. The first-order valence-electron chi connectivity index (χ1n) is 8.16. The predicted octanol–water partition coefficient (Wildman–Crippen LogP) is 1.63. The molecule has 142 valence electrons. The van der Waals surface area contributed by atoms with Crippen molar-refractivity contribution in [2.45, 2.75) is 13.0 Å². The summed E-state index contributed by atoms with van der Waals surface area (Å²) >= 11 is 0. The molecule has 9 nitrogen and oxygen atoms in total. The topological polar surface area (TPSA) is 142 Å². The Balaban J connectivity index is 1.97. The molecule has 27 heavy (non-hydrogen) atoms. The lowest BCUT2D eigenvalue weighted by Gasteiger charge is -2.15. The number of nitrogen functional groups attached to an aromatic ring is 1. The lowest BCUT2D eigenvalue weighted by Crippen LogP contribution is -2.34. The zero-order chi connectivity index (χ0) is 19.8. The molecule has 0 saturated carbocycles. The number of urea groups is 1. The smallest absolute Gasteiger partial charge is 0.320 e. The Kier molecular flexibility index (Phi) is 6.84. The monoisotopic (exact) mass is 370 g/mol. The minimum atomic E-state index is -0.474. The van der Waals surface area contributed by atoms with E-state index in [1.54, 1.807) is 0 Å². The fourth-order valence-electron chi connectivity index (χ4n) is 2.30. The molecule has 3 amide bonds. The Morgan fingerprint density at radius 1 is 1.30 bits per heavy atom.